The number of rotatable bonds is 7. The minimum absolute atomic E-state index is 0.0155. The molecule has 0 radical (unpaired) electrons. The van der Waals surface area contributed by atoms with E-state index in [1.165, 1.54) is 45.6 Å². The van der Waals surface area contributed by atoms with Crippen LogP contribution in [0.1, 0.15) is 16.1 Å². The van der Waals surface area contributed by atoms with Crippen molar-refractivity contribution in [1.82, 2.24) is 9.97 Å². The van der Waals surface area contributed by atoms with Gasteiger partial charge in [0.1, 0.15) is 28.5 Å². The maximum absolute atomic E-state index is 12.3. The third-order valence-electron chi connectivity index (χ3n) is 5.44. The van der Waals surface area contributed by atoms with E-state index in [0.717, 1.165) is 6.07 Å². The van der Waals surface area contributed by atoms with Crippen molar-refractivity contribution in [3.63, 3.8) is 0 Å². The van der Waals surface area contributed by atoms with Crippen LogP contribution in [0.5, 0.6) is 28.7 Å². The fourth-order valence-corrected chi connectivity index (χ4v) is 3.81. The predicted molar refractivity (Wildman–Crippen MR) is 128 cm³/mol. The molecule has 0 atom stereocenters. The molecule has 2 aromatic heterocycles. The summed E-state index contributed by atoms with van der Waals surface area (Å²) < 4.78 is 21.4. The van der Waals surface area contributed by atoms with Crippen molar-refractivity contribution in [3.8, 4) is 62.8 Å². The van der Waals surface area contributed by atoms with Crippen molar-refractivity contribution in [2.24, 2.45) is 0 Å². The van der Waals surface area contributed by atoms with Gasteiger partial charge in [0.25, 0.3) is 0 Å². The summed E-state index contributed by atoms with van der Waals surface area (Å²) in [7, 11) is 4.08. The number of aromatic nitrogens is 2. The molecule has 0 aliphatic heterocycles. The number of carboxylic acids is 1. The summed E-state index contributed by atoms with van der Waals surface area (Å²) in [6.45, 7) is 1.54. The summed E-state index contributed by atoms with van der Waals surface area (Å²) >= 11 is 0. The van der Waals surface area contributed by atoms with Crippen molar-refractivity contribution in [2.45, 2.75) is 6.92 Å². The lowest BCUT2D eigenvalue weighted by Crippen LogP contribution is -2.05. The summed E-state index contributed by atoms with van der Waals surface area (Å²) in [5, 5.41) is 30.5. The largest absolute Gasteiger partial charge is 0.504 e. The van der Waals surface area contributed by atoms with E-state index in [-0.39, 0.29) is 62.9 Å². The van der Waals surface area contributed by atoms with Crippen LogP contribution >= 0.6 is 0 Å². The highest BCUT2D eigenvalue weighted by Gasteiger charge is 2.27. The number of benzene rings is 2. The molecule has 0 unspecified atom stereocenters. The maximum atomic E-state index is 12.3. The molecule has 4 N–H and O–H groups in total. The fourth-order valence-electron chi connectivity index (χ4n) is 3.81. The molecule has 0 aliphatic carbocycles. The van der Waals surface area contributed by atoms with Gasteiger partial charge in [-0.1, -0.05) is 0 Å². The predicted octanol–water partition coefficient (Wildman–Crippen LogP) is 3.81. The normalized spacial score (nSPS) is 10.8. The van der Waals surface area contributed by atoms with Gasteiger partial charge in [-0.15, -0.1) is 0 Å². The van der Waals surface area contributed by atoms with Crippen LogP contribution in [0.4, 0.5) is 0 Å². The molecule has 4 rings (SSSR count). The van der Waals surface area contributed by atoms with E-state index in [4.69, 9.17) is 18.6 Å². The van der Waals surface area contributed by atoms with Crippen LogP contribution in [-0.4, -0.2) is 52.6 Å². The molecule has 4 aromatic rings. The first kappa shape index (κ1) is 24.2. The van der Waals surface area contributed by atoms with E-state index in [9.17, 15) is 24.9 Å². The van der Waals surface area contributed by atoms with E-state index in [1.54, 1.807) is 13.0 Å². The Hall–Kier alpha value is -4.93. The molecule has 186 valence electrons. The molecule has 36 heavy (non-hydrogen) atoms. The summed E-state index contributed by atoms with van der Waals surface area (Å²) in [6.07, 6.45) is 0. The average Bonchev–Trinajstić information content (AvgIpc) is 3.30. The third kappa shape index (κ3) is 4.06. The number of carbonyl (C=O) groups is 1. The number of imidazole rings is 1. The molecule has 11 nitrogen and oxygen atoms in total. The number of aromatic amines is 1. The molecule has 11 heteroatoms. The Morgan fingerprint density at radius 1 is 1.00 bits per heavy atom. The zero-order chi connectivity index (χ0) is 26.1. The lowest BCUT2D eigenvalue weighted by atomic mass is 10.0. The smallest absolute Gasteiger partial charge is 0.340 e. The Balaban J connectivity index is 2.07. The first-order valence-electron chi connectivity index (χ1n) is 10.5. The number of methoxy groups -OCH3 is 3. The quantitative estimate of drug-likeness (QED) is 0.297. The highest BCUT2D eigenvalue weighted by Crippen LogP contribution is 2.42. The summed E-state index contributed by atoms with van der Waals surface area (Å²) in [5.74, 6) is -1.62. The molecule has 0 saturated carbocycles. The van der Waals surface area contributed by atoms with Crippen LogP contribution in [-0.2, 0) is 0 Å². The van der Waals surface area contributed by atoms with E-state index < -0.39 is 17.1 Å². The second-order valence-electron chi connectivity index (χ2n) is 7.62. The molecule has 0 saturated heterocycles. The number of hydrogen-bond acceptors (Lipinski definition) is 9. The highest BCUT2D eigenvalue weighted by atomic mass is 16.5. The molecule has 0 amide bonds. The van der Waals surface area contributed by atoms with Gasteiger partial charge in [0.05, 0.1) is 21.3 Å². The number of aryl methyl sites for hydroxylation is 1. The average molecular weight is 494 g/mol. The second-order valence-corrected chi connectivity index (χ2v) is 7.62. The zero-order valence-electron chi connectivity index (χ0n) is 19.7. The molecule has 2 aromatic carbocycles. The van der Waals surface area contributed by atoms with Crippen LogP contribution < -0.4 is 19.6 Å². The van der Waals surface area contributed by atoms with Crippen molar-refractivity contribution in [3.05, 3.63) is 57.9 Å². The highest BCUT2D eigenvalue weighted by molar-refractivity contribution is 5.99. The Bertz CT molecular complexity index is 1540. The van der Waals surface area contributed by atoms with Crippen LogP contribution in [0.25, 0.3) is 34.1 Å². The lowest BCUT2D eigenvalue weighted by molar-refractivity contribution is 0.0693. The zero-order valence-corrected chi connectivity index (χ0v) is 19.7. The molecule has 0 aliphatic rings. The molecular formula is C25H22N2O9. The summed E-state index contributed by atoms with van der Waals surface area (Å²) in [5.41, 5.74) is -0.0324. The third-order valence-corrected chi connectivity index (χ3v) is 5.44. The first-order chi connectivity index (χ1) is 17.2. The van der Waals surface area contributed by atoms with Gasteiger partial charge in [0.2, 0.25) is 11.2 Å². The number of nitrogens with zero attached hydrogens (tertiary/aromatic N) is 1. The molecule has 0 fully saturated rings. The number of aromatic carboxylic acids is 1. The minimum atomic E-state index is -1.29. The molecule has 2 heterocycles. The molecule has 0 spiro atoms. The number of hydrogen-bond donors (Lipinski definition) is 4. The second kappa shape index (κ2) is 9.37. The van der Waals surface area contributed by atoms with Gasteiger partial charge in [-0.25, -0.2) is 9.78 Å². The van der Waals surface area contributed by atoms with E-state index in [2.05, 4.69) is 9.97 Å². The fraction of sp³-hybridized carbons (Fsp3) is 0.160. The van der Waals surface area contributed by atoms with Crippen LogP contribution in [0.15, 0.2) is 45.6 Å². The molecular weight excluding hydrogens is 472 g/mol. The van der Waals surface area contributed by atoms with E-state index >= 15 is 0 Å². The topological polar surface area (TPSA) is 164 Å². The molecule has 0 bridgehead atoms. The number of carboxylic acid groups (broad SMARTS) is 1. The maximum Gasteiger partial charge on any atom is 0.340 e. The standard InChI is InChI=1S/C25H22N2O9/c1-11-9-15(29)21(30)23(36-11)20-19(12-5-7-14(28)17(10-12)34-3)26-24(27-20)13-6-8-16(33-2)22(35-4)18(13)25(31)32/h5-10,28,30H,1-4H3,(H,26,27)(H,31,32). The van der Waals surface area contributed by atoms with Crippen LogP contribution in [0, 0.1) is 6.92 Å². The number of H-pyrrole nitrogens is 1. The van der Waals surface area contributed by atoms with Crippen LogP contribution in [0.3, 0.4) is 0 Å². The Kier molecular flexibility index (Phi) is 6.30. The van der Waals surface area contributed by atoms with Crippen molar-refractivity contribution in [1.29, 1.82) is 0 Å². The van der Waals surface area contributed by atoms with Crippen molar-refractivity contribution < 1.29 is 38.7 Å². The Morgan fingerprint density at radius 2 is 1.72 bits per heavy atom. The minimum Gasteiger partial charge on any atom is -0.504 e. The van der Waals surface area contributed by atoms with Gasteiger partial charge in [-0.2, -0.15) is 0 Å². The van der Waals surface area contributed by atoms with Gasteiger partial charge < -0.3 is 38.9 Å². The SMILES string of the molecule is COc1cc(-c2nc(-c3ccc(OC)c(OC)c3C(=O)O)[nH]c2-c2oc(C)cc(=O)c2O)ccc1O. The van der Waals surface area contributed by atoms with Crippen LogP contribution in [0.2, 0.25) is 0 Å². The Labute approximate surface area is 204 Å². The van der Waals surface area contributed by atoms with Gasteiger partial charge in [0.15, 0.2) is 28.8 Å². The number of nitrogens with one attached hydrogen (secondary N) is 1. The van der Waals surface area contributed by atoms with E-state index in [1.807, 2.05) is 0 Å². The van der Waals surface area contributed by atoms with Gasteiger partial charge in [-0.05, 0) is 37.3 Å². The van der Waals surface area contributed by atoms with E-state index in [0.29, 0.717) is 5.56 Å². The van der Waals surface area contributed by atoms with Crippen molar-refractivity contribution >= 4 is 5.97 Å². The van der Waals surface area contributed by atoms with Crippen molar-refractivity contribution in [2.75, 3.05) is 21.3 Å². The number of phenols is 1. The lowest BCUT2D eigenvalue weighted by Gasteiger charge is -2.13. The van der Waals surface area contributed by atoms with Gasteiger partial charge in [-0.3, -0.25) is 4.79 Å². The summed E-state index contributed by atoms with van der Waals surface area (Å²) in [6, 6.07) is 8.57. The number of ether oxygens (including phenoxy) is 3. The summed E-state index contributed by atoms with van der Waals surface area (Å²) in [4.78, 5) is 32.1. The number of phenolic OH excluding ortho intramolecular Hbond substituents is 1. The van der Waals surface area contributed by atoms with Gasteiger partial charge >= 0.3 is 5.97 Å². The first-order valence-corrected chi connectivity index (χ1v) is 10.5. The van der Waals surface area contributed by atoms with Gasteiger partial charge in [0, 0.05) is 17.2 Å². The number of aromatic hydroxyl groups is 2. The Morgan fingerprint density at radius 3 is 2.36 bits per heavy atom. The monoisotopic (exact) mass is 494 g/mol.